The first-order valence-corrected chi connectivity index (χ1v) is 4.97. The van der Waals surface area contributed by atoms with Crippen molar-refractivity contribution in [2.45, 2.75) is 19.9 Å². The molecule has 0 aliphatic rings. The van der Waals surface area contributed by atoms with Gasteiger partial charge in [-0.2, -0.15) is 0 Å². The van der Waals surface area contributed by atoms with Crippen molar-refractivity contribution in [2.75, 3.05) is 6.61 Å². The Morgan fingerprint density at radius 1 is 1.77 bits per heavy atom. The van der Waals surface area contributed by atoms with E-state index in [1.54, 1.807) is 5.38 Å². The van der Waals surface area contributed by atoms with E-state index >= 15 is 0 Å². The number of esters is 1. The summed E-state index contributed by atoms with van der Waals surface area (Å²) >= 11 is 1.37. The van der Waals surface area contributed by atoms with Crippen LogP contribution in [0.5, 0.6) is 0 Å². The van der Waals surface area contributed by atoms with Gasteiger partial charge in [-0.25, -0.2) is 9.78 Å². The number of hydrogen-bond donors (Lipinski definition) is 1. The molecule has 0 fully saturated rings. The van der Waals surface area contributed by atoms with E-state index in [9.17, 15) is 4.79 Å². The van der Waals surface area contributed by atoms with E-state index < -0.39 is 0 Å². The molecule has 0 unspecified atom stereocenters. The molecule has 0 aromatic carbocycles. The molecular weight excluding hydrogens is 188 g/mol. The van der Waals surface area contributed by atoms with E-state index in [2.05, 4.69) is 4.98 Å². The van der Waals surface area contributed by atoms with E-state index in [-0.39, 0.29) is 5.97 Å². The summed E-state index contributed by atoms with van der Waals surface area (Å²) in [5.41, 5.74) is 5.72. The van der Waals surface area contributed by atoms with Gasteiger partial charge in [0, 0.05) is 11.9 Å². The van der Waals surface area contributed by atoms with Crippen molar-refractivity contribution in [3.63, 3.8) is 0 Å². The van der Waals surface area contributed by atoms with E-state index in [1.807, 2.05) is 6.92 Å². The van der Waals surface area contributed by atoms with Gasteiger partial charge in [0.2, 0.25) is 0 Å². The predicted octanol–water partition coefficient (Wildman–Crippen LogP) is 1.17. The van der Waals surface area contributed by atoms with Gasteiger partial charge in [-0.05, 0) is 6.42 Å². The molecule has 0 saturated carbocycles. The monoisotopic (exact) mass is 200 g/mol. The minimum absolute atomic E-state index is 0.360. The Hall–Kier alpha value is -0.940. The van der Waals surface area contributed by atoms with Crippen LogP contribution in [0.1, 0.15) is 28.8 Å². The SMILES string of the molecule is CCCOC(=O)c1csc(CN)n1. The van der Waals surface area contributed by atoms with Crippen molar-refractivity contribution in [1.82, 2.24) is 4.98 Å². The van der Waals surface area contributed by atoms with Gasteiger partial charge >= 0.3 is 5.97 Å². The third-order valence-corrected chi connectivity index (χ3v) is 2.24. The van der Waals surface area contributed by atoms with Crippen LogP contribution in [0.25, 0.3) is 0 Å². The zero-order valence-electron chi connectivity index (χ0n) is 7.45. The summed E-state index contributed by atoms with van der Waals surface area (Å²) in [7, 11) is 0. The third kappa shape index (κ3) is 2.78. The lowest BCUT2D eigenvalue weighted by molar-refractivity contribution is 0.0499. The van der Waals surface area contributed by atoms with Crippen molar-refractivity contribution in [3.05, 3.63) is 16.1 Å². The summed E-state index contributed by atoms with van der Waals surface area (Å²) in [6.07, 6.45) is 0.819. The fraction of sp³-hybridized carbons (Fsp3) is 0.500. The minimum Gasteiger partial charge on any atom is -0.461 e. The highest BCUT2D eigenvalue weighted by Gasteiger charge is 2.10. The van der Waals surface area contributed by atoms with Gasteiger partial charge < -0.3 is 10.5 Å². The van der Waals surface area contributed by atoms with Crippen LogP contribution in [0.2, 0.25) is 0 Å². The zero-order chi connectivity index (χ0) is 9.68. The van der Waals surface area contributed by atoms with Crippen LogP contribution in [0.4, 0.5) is 0 Å². The first-order valence-electron chi connectivity index (χ1n) is 4.09. The molecule has 0 spiro atoms. The maximum atomic E-state index is 11.2. The Bertz CT molecular complexity index is 285. The number of nitrogens with two attached hydrogens (primary N) is 1. The predicted molar refractivity (Wildman–Crippen MR) is 50.6 cm³/mol. The summed E-state index contributed by atoms with van der Waals surface area (Å²) < 4.78 is 4.90. The average molecular weight is 200 g/mol. The molecule has 0 radical (unpaired) electrons. The molecular formula is C8H12N2O2S. The Labute approximate surface area is 80.7 Å². The molecule has 0 aliphatic carbocycles. The molecule has 0 amide bonds. The molecule has 1 rings (SSSR count). The van der Waals surface area contributed by atoms with Gasteiger partial charge in [0.15, 0.2) is 5.69 Å². The zero-order valence-corrected chi connectivity index (χ0v) is 8.26. The molecule has 0 bridgehead atoms. The highest BCUT2D eigenvalue weighted by molar-refractivity contribution is 7.09. The number of hydrogen-bond acceptors (Lipinski definition) is 5. The van der Waals surface area contributed by atoms with Crippen molar-refractivity contribution < 1.29 is 9.53 Å². The van der Waals surface area contributed by atoms with E-state index in [0.29, 0.717) is 18.8 Å². The second kappa shape index (κ2) is 4.94. The van der Waals surface area contributed by atoms with Crippen molar-refractivity contribution in [1.29, 1.82) is 0 Å². The molecule has 0 atom stereocenters. The van der Waals surface area contributed by atoms with Crippen LogP contribution in [0, 0.1) is 0 Å². The highest BCUT2D eigenvalue weighted by Crippen LogP contribution is 2.09. The first kappa shape index (κ1) is 10.1. The Morgan fingerprint density at radius 2 is 2.54 bits per heavy atom. The second-order valence-electron chi connectivity index (χ2n) is 2.47. The molecule has 2 N–H and O–H groups in total. The van der Waals surface area contributed by atoms with Crippen molar-refractivity contribution >= 4 is 17.3 Å². The molecule has 13 heavy (non-hydrogen) atoms. The first-order chi connectivity index (χ1) is 6.27. The average Bonchev–Trinajstić information content (AvgIpc) is 2.62. The lowest BCUT2D eigenvalue weighted by Crippen LogP contribution is -2.06. The van der Waals surface area contributed by atoms with Gasteiger partial charge in [0.05, 0.1) is 6.61 Å². The van der Waals surface area contributed by atoms with Crippen LogP contribution < -0.4 is 5.73 Å². The number of thiazole rings is 1. The molecule has 1 aromatic rings. The Balaban J connectivity index is 2.55. The lowest BCUT2D eigenvalue weighted by atomic mass is 10.5. The van der Waals surface area contributed by atoms with Crippen molar-refractivity contribution in [3.8, 4) is 0 Å². The molecule has 1 aromatic heterocycles. The summed E-state index contributed by atoms with van der Waals surface area (Å²) in [5.74, 6) is -0.363. The number of carbonyl (C=O) groups is 1. The maximum absolute atomic E-state index is 11.2. The van der Waals surface area contributed by atoms with E-state index in [4.69, 9.17) is 10.5 Å². The second-order valence-corrected chi connectivity index (χ2v) is 3.41. The molecule has 0 aliphatic heterocycles. The molecule has 5 heteroatoms. The number of ether oxygens (including phenoxy) is 1. The summed E-state index contributed by atoms with van der Waals surface area (Å²) in [5, 5.41) is 2.42. The standard InChI is InChI=1S/C8H12N2O2S/c1-2-3-12-8(11)6-5-13-7(4-9)10-6/h5H,2-4,9H2,1H3. The Morgan fingerprint density at radius 3 is 3.08 bits per heavy atom. The van der Waals surface area contributed by atoms with Gasteiger partial charge in [-0.15, -0.1) is 11.3 Å². The van der Waals surface area contributed by atoms with Gasteiger partial charge in [-0.3, -0.25) is 0 Å². The number of rotatable bonds is 4. The molecule has 4 nitrogen and oxygen atoms in total. The minimum atomic E-state index is -0.363. The molecule has 72 valence electrons. The van der Waals surface area contributed by atoms with Crippen LogP contribution in [-0.4, -0.2) is 17.6 Å². The fourth-order valence-electron chi connectivity index (χ4n) is 0.767. The maximum Gasteiger partial charge on any atom is 0.357 e. The normalized spacial score (nSPS) is 10.0. The van der Waals surface area contributed by atoms with Crippen molar-refractivity contribution in [2.24, 2.45) is 5.73 Å². The van der Waals surface area contributed by atoms with E-state index in [0.717, 1.165) is 11.4 Å². The highest BCUT2D eigenvalue weighted by atomic mass is 32.1. The fourth-order valence-corrected chi connectivity index (χ4v) is 1.41. The largest absolute Gasteiger partial charge is 0.461 e. The van der Waals surface area contributed by atoms with Crippen LogP contribution in [0.15, 0.2) is 5.38 Å². The topological polar surface area (TPSA) is 65.2 Å². The quantitative estimate of drug-likeness (QED) is 0.741. The third-order valence-electron chi connectivity index (χ3n) is 1.37. The lowest BCUT2D eigenvalue weighted by Gasteiger charge is -1.98. The number of carbonyl (C=O) groups excluding carboxylic acids is 1. The summed E-state index contributed by atoms with van der Waals surface area (Å²) in [6.45, 7) is 2.75. The van der Waals surface area contributed by atoms with Gasteiger partial charge in [-0.1, -0.05) is 6.92 Å². The van der Waals surface area contributed by atoms with Crippen LogP contribution >= 0.6 is 11.3 Å². The van der Waals surface area contributed by atoms with Gasteiger partial charge in [0.25, 0.3) is 0 Å². The summed E-state index contributed by atoms with van der Waals surface area (Å²) in [4.78, 5) is 15.2. The van der Waals surface area contributed by atoms with Gasteiger partial charge in [0.1, 0.15) is 5.01 Å². The summed E-state index contributed by atoms with van der Waals surface area (Å²) in [6, 6.07) is 0. The molecule has 1 heterocycles. The Kier molecular flexibility index (Phi) is 3.85. The van der Waals surface area contributed by atoms with E-state index in [1.165, 1.54) is 11.3 Å². The smallest absolute Gasteiger partial charge is 0.357 e. The van der Waals surface area contributed by atoms with Crippen LogP contribution in [0.3, 0.4) is 0 Å². The molecule has 0 saturated heterocycles. The van der Waals surface area contributed by atoms with Crippen LogP contribution in [-0.2, 0) is 11.3 Å². The number of aromatic nitrogens is 1. The number of nitrogens with zero attached hydrogens (tertiary/aromatic N) is 1.